The Morgan fingerprint density at radius 3 is 2.83 bits per heavy atom. The van der Waals surface area contributed by atoms with Gasteiger partial charge in [0.05, 0.1) is 5.56 Å². The van der Waals surface area contributed by atoms with Gasteiger partial charge in [-0.25, -0.2) is 0 Å². The van der Waals surface area contributed by atoms with Crippen molar-refractivity contribution in [1.82, 2.24) is 5.32 Å². The molecule has 1 aliphatic heterocycles. The maximum absolute atomic E-state index is 12.1. The van der Waals surface area contributed by atoms with E-state index < -0.39 is 0 Å². The first kappa shape index (κ1) is 12.1. The van der Waals surface area contributed by atoms with Gasteiger partial charge in [0.2, 0.25) is 0 Å². The van der Waals surface area contributed by atoms with Crippen molar-refractivity contribution in [3.05, 3.63) is 21.9 Å². The highest BCUT2D eigenvalue weighted by Gasteiger charge is 2.36. The molecular weight excluding hydrogens is 248 g/mol. The molecule has 0 unspecified atom stereocenters. The first-order valence-corrected chi connectivity index (χ1v) is 7.34. The van der Waals surface area contributed by atoms with Gasteiger partial charge in [-0.3, -0.25) is 4.79 Å². The molecule has 2 aliphatic rings. The molecule has 1 aromatic heterocycles. The number of ether oxygens (including phenoxy) is 1. The molecule has 98 valence electrons. The lowest BCUT2D eigenvalue weighted by Gasteiger charge is -2.22. The van der Waals surface area contributed by atoms with Gasteiger partial charge >= 0.3 is 0 Å². The molecule has 1 aromatic rings. The van der Waals surface area contributed by atoms with E-state index in [1.165, 1.54) is 4.88 Å². The van der Waals surface area contributed by atoms with Crippen LogP contribution in [0.3, 0.4) is 0 Å². The zero-order valence-electron chi connectivity index (χ0n) is 10.2. The van der Waals surface area contributed by atoms with E-state index in [0.717, 1.165) is 38.0 Å². The van der Waals surface area contributed by atoms with E-state index in [2.05, 4.69) is 5.32 Å². The number of rotatable bonds is 3. The lowest BCUT2D eigenvalue weighted by Crippen LogP contribution is -2.38. The van der Waals surface area contributed by atoms with Gasteiger partial charge in [0, 0.05) is 41.5 Å². The molecule has 0 radical (unpaired) electrons. The molecule has 1 aliphatic carbocycles. The standard InChI is InChI=1S/C13H18N2O2S/c14-11-6-10(11)12-5-8(7-18-12)13(16)15-9-1-3-17-4-2-9/h5,7,9-11H,1-4,6,14H2,(H,15,16)/t10-,11-/m1/s1. The van der Waals surface area contributed by atoms with Crippen molar-refractivity contribution in [1.29, 1.82) is 0 Å². The van der Waals surface area contributed by atoms with Crippen LogP contribution in [0.5, 0.6) is 0 Å². The van der Waals surface area contributed by atoms with Gasteiger partial charge in [-0.05, 0) is 25.3 Å². The Bertz CT molecular complexity index is 440. The summed E-state index contributed by atoms with van der Waals surface area (Å²) in [7, 11) is 0. The minimum Gasteiger partial charge on any atom is -0.381 e. The van der Waals surface area contributed by atoms with E-state index in [-0.39, 0.29) is 11.9 Å². The molecule has 1 amide bonds. The molecule has 3 N–H and O–H groups in total. The summed E-state index contributed by atoms with van der Waals surface area (Å²) in [5.74, 6) is 0.526. The SMILES string of the molecule is N[C@@H]1C[C@H]1c1cc(C(=O)NC2CCOCC2)cs1. The van der Waals surface area contributed by atoms with Gasteiger partial charge in [-0.1, -0.05) is 0 Å². The molecule has 18 heavy (non-hydrogen) atoms. The molecule has 2 atom stereocenters. The number of hydrogen-bond donors (Lipinski definition) is 2. The van der Waals surface area contributed by atoms with Crippen LogP contribution >= 0.6 is 11.3 Å². The smallest absolute Gasteiger partial charge is 0.252 e. The maximum atomic E-state index is 12.1. The number of hydrogen-bond acceptors (Lipinski definition) is 4. The normalized spacial score (nSPS) is 28.1. The predicted octanol–water partition coefficient (Wildman–Crippen LogP) is 1.47. The Balaban J connectivity index is 1.59. The summed E-state index contributed by atoms with van der Waals surface area (Å²) in [4.78, 5) is 13.3. The predicted molar refractivity (Wildman–Crippen MR) is 71.0 cm³/mol. The summed E-state index contributed by atoms with van der Waals surface area (Å²) in [5, 5.41) is 5.02. The van der Waals surface area contributed by atoms with E-state index >= 15 is 0 Å². The second kappa shape index (κ2) is 4.99. The number of nitrogens with two attached hydrogens (primary N) is 1. The molecule has 0 spiro atoms. The highest BCUT2D eigenvalue weighted by Crippen LogP contribution is 2.41. The average molecular weight is 266 g/mol. The Hall–Kier alpha value is -0.910. The topological polar surface area (TPSA) is 64.4 Å². The van der Waals surface area contributed by atoms with Crippen LogP contribution in [0.4, 0.5) is 0 Å². The molecule has 2 heterocycles. The maximum Gasteiger partial charge on any atom is 0.252 e. The Morgan fingerprint density at radius 1 is 1.44 bits per heavy atom. The second-order valence-corrected chi connectivity index (χ2v) is 6.05. The minimum absolute atomic E-state index is 0.0404. The zero-order valence-corrected chi connectivity index (χ0v) is 11.0. The van der Waals surface area contributed by atoms with E-state index in [0.29, 0.717) is 12.0 Å². The van der Waals surface area contributed by atoms with Crippen LogP contribution in [0.1, 0.15) is 40.4 Å². The molecule has 5 heteroatoms. The van der Waals surface area contributed by atoms with Crippen LogP contribution in [0.2, 0.25) is 0 Å². The molecule has 1 saturated carbocycles. The first-order chi connectivity index (χ1) is 8.74. The number of carbonyl (C=O) groups is 1. The van der Waals surface area contributed by atoms with E-state index in [4.69, 9.17) is 10.5 Å². The van der Waals surface area contributed by atoms with Gasteiger partial charge in [-0.15, -0.1) is 11.3 Å². The largest absolute Gasteiger partial charge is 0.381 e. The molecule has 3 rings (SSSR count). The molecule has 0 bridgehead atoms. The molecule has 1 saturated heterocycles. The third kappa shape index (κ3) is 2.58. The van der Waals surface area contributed by atoms with Crippen LogP contribution in [0.15, 0.2) is 11.4 Å². The molecule has 4 nitrogen and oxygen atoms in total. The summed E-state index contributed by atoms with van der Waals surface area (Å²) in [6, 6.07) is 2.56. The summed E-state index contributed by atoms with van der Waals surface area (Å²) < 4.78 is 5.28. The van der Waals surface area contributed by atoms with Crippen LogP contribution in [-0.4, -0.2) is 31.2 Å². The van der Waals surface area contributed by atoms with Crippen molar-refractivity contribution in [2.24, 2.45) is 5.73 Å². The monoisotopic (exact) mass is 266 g/mol. The molecular formula is C13H18N2O2S. The zero-order chi connectivity index (χ0) is 12.5. The molecule has 0 aromatic carbocycles. The molecule has 2 fully saturated rings. The van der Waals surface area contributed by atoms with Crippen molar-refractivity contribution >= 4 is 17.2 Å². The summed E-state index contributed by atoms with van der Waals surface area (Å²) in [5.41, 5.74) is 6.60. The second-order valence-electron chi connectivity index (χ2n) is 5.10. The van der Waals surface area contributed by atoms with Crippen LogP contribution in [0, 0.1) is 0 Å². The number of carbonyl (C=O) groups excluding carboxylic acids is 1. The summed E-state index contributed by atoms with van der Waals surface area (Å²) in [6.07, 6.45) is 2.88. The quantitative estimate of drug-likeness (QED) is 0.871. The van der Waals surface area contributed by atoms with Crippen LogP contribution < -0.4 is 11.1 Å². The van der Waals surface area contributed by atoms with Gasteiger partial charge in [-0.2, -0.15) is 0 Å². The third-order valence-electron chi connectivity index (χ3n) is 3.64. The third-order valence-corrected chi connectivity index (χ3v) is 4.71. The van der Waals surface area contributed by atoms with Gasteiger partial charge in [0.1, 0.15) is 0 Å². The lowest BCUT2D eigenvalue weighted by molar-refractivity contribution is 0.0696. The Labute approximate surface area is 111 Å². The van der Waals surface area contributed by atoms with Gasteiger partial charge in [0.15, 0.2) is 0 Å². The fraction of sp³-hybridized carbons (Fsp3) is 0.615. The van der Waals surface area contributed by atoms with Crippen LogP contribution in [-0.2, 0) is 4.74 Å². The van der Waals surface area contributed by atoms with E-state index in [1.54, 1.807) is 11.3 Å². The Morgan fingerprint density at radius 2 is 2.17 bits per heavy atom. The number of thiophene rings is 1. The lowest BCUT2D eigenvalue weighted by atomic mass is 10.1. The fourth-order valence-corrected chi connectivity index (χ4v) is 3.40. The van der Waals surface area contributed by atoms with Crippen molar-refractivity contribution < 1.29 is 9.53 Å². The van der Waals surface area contributed by atoms with E-state index in [9.17, 15) is 4.79 Å². The highest BCUT2D eigenvalue weighted by atomic mass is 32.1. The fourth-order valence-electron chi connectivity index (χ4n) is 2.32. The number of nitrogens with one attached hydrogen (secondary N) is 1. The highest BCUT2D eigenvalue weighted by molar-refractivity contribution is 7.10. The first-order valence-electron chi connectivity index (χ1n) is 6.46. The van der Waals surface area contributed by atoms with Crippen molar-refractivity contribution in [2.75, 3.05) is 13.2 Å². The summed E-state index contributed by atoms with van der Waals surface area (Å²) >= 11 is 1.65. The van der Waals surface area contributed by atoms with Crippen LogP contribution in [0.25, 0.3) is 0 Å². The van der Waals surface area contributed by atoms with Crippen molar-refractivity contribution in [3.8, 4) is 0 Å². The van der Waals surface area contributed by atoms with E-state index in [1.807, 2.05) is 11.4 Å². The van der Waals surface area contributed by atoms with Crippen molar-refractivity contribution in [3.63, 3.8) is 0 Å². The van der Waals surface area contributed by atoms with Gasteiger partial charge < -0.3 is 15.8 Å². The van der Waals surface area contributed by atoms with Crippen molar-refractivity contribution in [2.45, 2.75) is 37.3 Å². The Kier molecular flexibility index (Phi) is 3.37. The average Bonchev–Trinajstić information content (AvgIpc) is 2.93. The minimum atomic E-state index is 0.0404. The number of amides is 1. The summed E-state index contributed by atoms with van der Waals surface area (Å²) in [6.45, 7) is 1.49. The van der Waals surface area contributed by atoms with Gasteiger partial charge in [0.25, 0.3) is 5.91 Å².